The number of carbonyl (C=O) groups is 1. The molecular weight excluding hydrogens is 138 g/mol. The highest BCUT2D eigenvalue weighted by atomic mass is 32.2. The van der Waals surface area contributed by atoms with Crippen LogP contribution in [0.1, 0.15) is 6.92 Å². The predicted molar refractivity (Wildman–Crippen MR) is 36.5 cm³/mol. The SMILES string of the molecule is CC1N[C@@H](C(=O)O)CS1. The molecule has 0 spiro atoms. The van der Waals surface area contributed by atoms with Crippen LogP contribution >= 0.6 is 11.8 Å². The van der Waals surface area contributed by atoms with Crippen molar-refractivity contribution in [2.24, 2.45) is 0 Å². The Bertz CT molecular complexity index is 128. The molecule has 1 heterocycles. The van der Waals surface area contributed by atoms with Crippen molar-refractivity contribution in [1.82, 2.24) is 5.32 Å². The predicted octanol–water partition coefficient (Wildman–Crippen LogP) is 0.122. The Hall–Kier alpha value is -0.220. The van der Waals surface area contributed by atoms with E-state index in [4.69, 9.17) is 5.11 Å². The van der Waals surface area contributed by atoms with Crippen LogP contribution in [0.2, 0.25) is 0 Å². The zero-order valence-electron chi connectivity index (χ0n) is 5.13. The molecule has 0 aromatic carbocycles. The van der Waals surface area contributed by atoms with E-state index < -0.39 is 5.97 Å². The minimum Gasteiger partial charge on any atom is -0.480 e. The van der Waals surface area contributed by atoms with Gasteiger partial charge in [0.1, 0.15) is 6.04 Å². The number of rotatable bonds is 1. The smallest absolute Gasteiger partial charge is 0.321 e. The first-order valence-corrected chi connectivity index (χ1v) is 3.85. The fraction of sp³-hybridized carbons (Fsp3) is 0.800. The van der Waals surface area contributed by atoms with Crippen molar-refractivity contribution in [2.75, 3.05) is 5.75 Å². The lowest BCUT2D eigenvalue weighted by atomic mass is 10.3. The summed E-state index contributed by atoms with van der Waals surface area (Å²) < 4.78 is 0. The molecule has 1 saturated heterocycles. The van der Waals surface area contributed by atoms with E-state index >= 15 is 0 Å². The van der Waals surface area contributed by atoms with E-state index in [2.05, 4.69) is 5.32 Å². The van der Waals surface area contributed by atoms with Crippen molar-refractivity contribution in [3.63, 3.8) is 0 Å². The Labute approximate surface area is 57.8 Å². The van der Waals surface area contributed by atoms with Crippen LogP contribution in [0.3, 0.4) is 0 Å². The lowest BCUT2D eigenvalue weighted by Gasteiger charge is -2.02. The molecule has 1 aliphatic rings. The maximum atomic E-state index is 10.3. The van der Waals surface area contributed by atoms with Gasteiger partial charge in [0.2, 0.25) is 0 Å². The van der Waals surface area contributed by atoms with E-state index in [-0.39, 0.29) is 6.04 Å². The second-order valence-electron chi connectivity index (χ2n) is 2.03. The largest absolute Gasteiger partial charge is 0.480 e. The van der Waals surface area contributed by atoms with Crippen molar-refractivity contribution < 1.29 is 9.90 Å². The van der Waals surface area contributed by atoms with Gasteiger partial charge in [0.25, 0.3) is 0 Å². The molecule has 1 rings (SSSR count). The number of hydrogen-bond donors (Lipinski definition) is 2. The summed E-state index contributed by atoms with van der Waals surface area (Å²) in [6, 6.07) is -0.329. The molecule has 1 unspecified atom stereocenters. The van der Waals surface area contributed by atoms with Crippen molar-refractivity contribution in [3.05, 3.63) is 0 Å². The second-order valence-corrected chi connectivity index (χ2v) is 3.41. The number of thioether (sulfide) groups is 1. The molecule has 0 amide bonds. The van der Waals surface area contributed by atoms with Gasteiger partial charge in [-0.3, -0.25) is 10.1 Å². The summed E-state index contributed by atoms with van der Waals surface area (Å²) in [5.41, 5.74) is 0. The van der Waals surface area contributed by atoms with E-state index in [0.29, 0.717) is 11.1 Å². The highest BCUT2D eigenvalue weighted by Gasteiger charge is 2.25. The number of aliphatic carboxylic acids is 1. The monoisotopic (exact) mass is 147 g/mol. The Morgan fingerprint density at radius 1 is 1.89 bits per heavy atom. The standard InChI is InChI=1S/C5H9NO2S/c1-3-6-4(2-9-3)5(7)8/h3-4,6H,2H2,1H3,(H,7,8)/t3?,4-/m1/s1. The number of nitrogens with one attached hydrogen (secondary N) is 1. The molecule has 52 valence electrons. The third-order valence-corrected chi connectivity index (χ3v) is 2.41. The van der Waals surface area contributed by atoms with Crippen molar-refractivity contribution >= 4 is 17.7 Å². The molecule has 4 heteroatoms. The van der Waals surface area contributed by atoms with Gasteiger partial charge in [-0.25, -0.2) is 0 Å². The Morgan fingerprint density at radius 3 is 2.78 bits per heavy atom. The van der Waals surface area contributed by atoms with Crippen molar-refractivity contribution in [2.45, 2.75) is 18.3 Å². The summed E-state index contributed by atoms with van der Waals surface area (Å²) in [4.78, 5) is 10.3. The van der Waals surface area contributed by atoms with Gasteiger partial charge in [0.15, 0.2) is 0 Å². The zero-order chi connectivity index (χ0) is 6.85. The van der Waals surface area contributed by atoms with Crippen LogP contribution < -0.4 is 5.32 Å². The molecule has 0 bridgehead atoms. The second kappa shape index (κ2) is 2.58. The maximum Gasteiger partial charge on any atom is 0.321 e. The van der Waals surface area contributed by atoms with Crippen molar-refractivity contribution in [1.29, 1.82) is 0 Å². The molecule has 9 heavy (non-hydrogen) atoms. The van der Waals surface area contributed by atoms with Gasteiger partial charge in [0, 0.05) is 5.75 Å². The van der Waals surface area contributed by atoms with Gasteiger partial charge in [-0.2, -0.15) is 0 Å². The van der Waals surface area contributed by atoms with E-state index in [9.17, 15) is 4.79 Å². The minimum atomic E-state index is -0.744. The number of carboxylic acids is 1. The molecule has 2 atom stereocenters. The molecular formula is C5H9NO2S. The quantitative estimate of drug-likeness (QED) is 0.553. The lowest BCUT2D eigenvalue weighted by Crippen LogP contribution is -2.35. The fourth-order valence-electron chi connectivity index (χ4n) is 0.763. The molecule has 2 N–H and O–H groups in total. The van der Waals surface area contributed by atoms with Gasteiger partial charge in [0.05, 0.1) is 5.37 Å². The van der Waals surface area contributed by atoms with Crippen LogP contribution in [0.15, 0.2) is 0 Å². The normalized spacial score (nSPS) is 34.8. The van der Waals surface area contributed by atoms with Gasteiger partial charge in [-0.1, -0.05) is 0 Å². The first kappa shape index (κ1) is 6.89. The third kappa shape index (κ3) is 1.59. The van der Waals surface area contributed by atoms with Crippen LogP contribution in [0, 0.1) is 0 Å². The summed E-state index contributed by atoms with van der Waals surface area (Å²) in [6.45, 7) is 1.97. The highest BCUT2D eigenvalue weighted by Crippen LogP contribution is 2.17. The lowest BCUT2D eigenvalue weighted by molar-refractivity contribution is -0.138. The topological polar surface area (TPSA) is 49.3 Å². The van der Waals surface area contributed by atoms with Gasteiger partial charge in [-0.15, -0.1) is 11.8 Å². The highest BCUT2D eigenvalue weighted by molar-refractivity contribution is 8.00. The molecule has 0 aromatic rings. The van der Waals surface area contributed by atoms with Crippen LogP contribution in [0.25, 0.3) is 0 Å². The fourth-order valence-corrected chi connectivity index (χ4v) is 1.74. The number of carboxylic acid groups (broad SMARTS) is 1. The van der Waals surface area contributed by atoms with E-state index in [1.807, 2.05) is 6.92 Å². The van der Waals surface area contributed by atoms with Gasteiger partial charge in [-0.05, 0) is 6.92 Å². The minimum absolute atomic E-state index is 0.297. The molecule has 0 saturated carbocycles. The Morgan fingerprint density at radius 2 is 2.56 bits per heavy atom. The molecule has 0 aromatic heterocycles. The van der Waals surface area contributed by atoms with Gasteiger partial charge >= 0.3 is 5.97 Å². The molecule has 0 radical (unpaired) electrons. The van der Waals surface area contributed by atoms with Gasteiger partial charge < -0.3 is 5.11 Å². The zero-order valence-corrected chi connectivity index (χ0v) is 5.94. The van der Waals surface area contributed by atoms with Crippen LogP contribution in [-0.2, 0) is 4.79 Å². The average Bonchev–Trinajstić information content (AvgIpc) is 2.14. The first-order chi connectivity index (χ1) is 4.20. The Kier molecular flexibility index (Phi) is 1.97. The molecule has 1 aliphatic heterocycles. The summed E-state index contributed by atoms with van der Waals surface area (Å²) in [5, 5.41) is 11.7. The summed E-state index contributed by atoms with van der Waals surface area (Å²) in [7, 11) is 0. The average molecular weight is 147 g/mol. The van der Waals surface area contributed by atoms with E-state index in [1.54, 1.807) is 11.8 Å². The third-order valence-electron chi connectivity index (χ3n) is 1.25. The Balaban J connectivity index is 2.39. The molecule has 0 aliphatic carbocycles. The summed E-state index contributed by atoms with van der Waals surface area (Å²) >= 11 is 1.64. The maximum absolute atomic E-state index is 10.3. The van der Waals surface area contributed by atoms with Crippen molar-refractivity contribution in [3.8, 4) is 0 Å². The van der Waals surface area contributed by atoms with Crippen LogP contribution in [0.4, 0.5) is 0 Å². The van der Waals surface area contributed by atoms with Crippen LogP contribution in [0.5, 0.6) is 0 Å². The summed E-state index contributed by atoms with van der Waals surface area (Å²) in [5.74, 6) is -0.0527. The molecule has 1 fully saturated rings. The first-order valence-electron chi connectivity index (χ1n) is 2.80. The molecule has 3 nitrogen and oxygen atoms in total. The number of hydrogen-bond acceptors (Lipinski definition) is 3. The van der Waals surface area contributed by atoms with Crippen LogP contribution in [-0.4, -0.2) is 28.2 Å². The van der Waals surface area contributed by atoms with E-state index in [0.717, 1.165) is 0 Å². The van der Waals surface area contributed by atoms with E-state index in [1.165, 1.54) is 0 Å². The summed E-state index contributed by atoms with van der Waals surface area (Å²) in [6.07, 6.45) is 0.